The van der Waals surface area contributed by atoms with Crippen molar-refractivity contribution >= 4 is 0 Å². The smallest absolute Gasteiger partial charge is 0.191 e. The maximum absolute atomic E-state index is 5.90. The van der Waals surface area contributed by atoms with Crippen molar-refractivity contribution < 1.29 is 4.42 Å². The van der Waals surface area contributed by atoms with Crippen molar-refractivity contribution in [3.63, 3.8) is 0 Å². The van der Waals surface area contributed by atoms with E-state index >= 15 is 0 Å². The summed E-state index contributed by atoms with van der Waals surface area (Å²) in [5, 5.41) is 0. The molecule has 0 aromatic carbocycles. The first-order valence-corrected chi connectivity index (χ1v) is 5.13. The number of likely N-dealkylation sites (tertiary alicyclic amines) is 1. The van der Waals surface area contributed by atoms with Gasteiger partial charge in [0.15, 0.2) is 5.89 Å². The Labute approximate surface area is 84.1 Å². The Hall–Kier alpha value is -0.870. The topological polar surface area (TPSA) is 55.3 Å². The molecule has 2 rings (SSSR count). The summed E-state index contributed by atoms with van der Waals surface area (Å²) in [4.78, 5) is 6.40. The van der Waals surface area contributed by atoms with Crippen molar-refractivity contribution in [2.24, 2.45) is 5.73 Å². The molecule has 14 heavy (non-hydrogen) atoms. The van der Waals surface area contributed by atoms with Crippen molar-refractivity contribution in [2.75, 3.05) is 13.1 Å². The molecule has 1 saturated heterocycles. The molecule has 1 atom stereocenters. The van der Waals surface area contributed by atoms with Crippen LogP contribution in [0.15, 0.2) is 10.6 Å². The summed E-state index contributed by atoms with van der Waals surface area (Å²) in [6.07, 6.45) is 4.13. The zero-order valence-electron chi connectivity index (χ0n) is 8.57. The van der Waals surface area contributed by atoms with E-state index in [0.717, 1.165) is 37.7 Å². The Balaban J connectivity index is 1.90. The second-order valence-electron chi connectivity index (χ2n) is 3.98. The van der Waals surface area contributed by atoms with Gasteiger partial charge in [-0.05, 0) is 19.4 Å². The first-order chi connectivity index (χ1) is 6.74. The van der Waals surface area contributed by atoms with Gasteiger partial charge in [0.05, 0.1) is 12.7 Å². The molecule has 2 heterocycles. The second-order valence-corrected chi connectivity index (χ2v) is 3.98. The van der Waals surface area contributed by atoms with Crippen LogP contribution in [0.25, 0.3) is 0 Å². The van der Waals surface area contributed by atoms with E-state index in [1.54, 1.807) is 6.20 Å². The molecule has 1 aromatic heterocycles. The van der Waals surface area contributed by atoms with E-state index in [-0.39, 0.29) is 0 Å². The van der Waals surface area contributed by atoms with E-state index in [0.29, 0.717) is 6.04 Å². The van der Waals surface area contributed by atoms with Gasteiger partial charge in [-0.1, -0.05) is 0 Å². The Morgan fingerprint density at radius 2 is 2.57 bits per heavy atom. The lowest BCUT2D eigenvalue weighted by molar-refractivity contribution is 0.187. The molecule has 0 aliphatic carbocycles. The molecule has 1 aliphatic rings. The first-order valence-electron chi connectivity index (χ1n) is 5.13. The van der Waals surface area contributed by atoms with Crippen LogP contribution in [-0.4, -0.2) is 29.0 Å². The van der Waals surface area contributed by atoms with Crippen LogP contribution in [0, 0.1) is 6.92 Å². The highest BCUT2D eigenvalue weighted by Gasteiger charge is 2.17. The highest BCUT2D eigenvalue weighted by Crippen LogP contribution is 2.12. The van der Waals surface area contributed by atoms with Crippen LogP contribution in [0.5, 0.6) is 0 Å². The zero-order valence-corrected chi connectivity index (χ0v) is 8.57. The van der Waals surface area contributed by atoms with Crippen molar-refractivity contribution in [2.45, 2.75) is 32.4 Å². The standard InChI is InChI=1S/C10H17N3O/c1-8-12-5-10(14-8)7-13-4-2-3-9(11)6-13/h5,9H,2-4,6-7,11H2,1H3. The molecule has 4 nitrogen and oxygen atoms in total. The van der Waals surface area contributed by atoms with E-state index in [1.165, 1.54) is 6.42 Å². The monoisotopic (exact) mass is 195 g/mol. The Kier molecular flexibility index (Phi) is 2.84. The largest absolute Gasteiger partial charge is 0.445 e. The number of nitrogens with zero attached hydrogens (tertiary/aromatic N) is 2. The van der Waals surface area contributed by atoms with Crippen LogP contribution in [0.1, 0.15) is 24.5 Å². The molecule has 0 radical (unpaired) electrons. The summed E-state index contributed by atoms with van der Waals surface area (Å²) in [5.74, 6) is 1.68. The zero-order chi connectivity index (χ0) is 9.97. The predicted octanol–water partition coefficient (Wildman–Crippen LogP) is 0.906. The number of rotatable bonds is 2. The number of aromatic nitrogens is 1. The van der Waals surface area contributed by atoms with Crippen LogP contribution in [0.4, 0.5) is 0 Å². The maximum Gasteiger partial charge on any atom is 0.191 e. The normalized spacial score (nSPS) is 24.0. The molecular formula is C10H17N3O. The third kappa shape index (κ3) is 2.33. The van der Waals surface area contributed by atoms with Gasteiger partial charge in [0.1, 0.15) is 5.76 Å². The van der Waals surface area contributed by atoms with Crippen LogP contribution in [0.2, 0.25) is 0 Å². The summed E-state index contributed by atoms with van der Waals surface area (Å²) >= 11 is 0. The molecule has 4 heteroatoms. The number of hydrogen-bond acceptors (Lipinski definition) is 4. The van der Waals surface area contributed by atoms with Crippen molar-refractivity contribution in [3.05, 3.63) is 17.8 Å². The molecule has 78 valence electrons. The number of piperidine rings is 1. The molecule has 1 aromatic rings. The van der Waals surface area contributed by atoms with E-state index in [1.807, 2.05) is 6.92 Å². The van der Waals surface area contributed by atoms with Gasteiger partial charge in [-0.2, -0.15) is 0 Å². The van der Waals surface area contributed by atoms with Crippen LogP contribution in [0.3, 0.4) is 0 Å². The van der Waals surface area contributed by atoms with Crippen molar-refractivity contribution in [1.82, 2.24) is 9.88 Å². The third-order valence-electron chi connectivity index (χ3n) is 2.59. The minimum absolute atomic E-state index is 0.327. The summed E-state index contributed by atoms with van der Waals surface area (Å²) in [5.41, 5.74) is 5.90. The molecule has 0 spiro atoms. The van der Waals surface area contributed by atoms with Gasteiger partial charge in [0.25, 0.3) is 0 Å². The average Bonchev–Trinajstić information content (AvgIpc) is 2.51. The minimum Gasteiger partial charge on any atom is -0.445 e. The predicted molar refractivity (Wildman–Crippen MR) is 53.7 cm³/mol. The van der Waals surface area contributed by atoms with Crippen molar-refractivity contribution in [3.8, 4) is 0 Å². The molecule has 2 N–H and O–H groups in total. The summed E-state index contributed by atoms with van der Waals surface area (Å²) in [6, 6.07) is 0.327. The highest BCUT2D eigenvalue weighted by atomic mass is 16.4. The molecular weight excluding hydrogens is 178 g/mol. The lowest BCUT2D eigenvalue weighted by atomic mass is 10.1. The fraction of sp³-hybridized carbons (Fsp3) is 0.700. The van der Waals surface area contributed by atoms with Gasteiger partial charge >= 0.3 is 0 Å². The number of oxazole rings is 1. The van der Waals surface area contributed by atoms with Crippen LogP contribution >= 0.6 is 0 Å². The summed E-state index contributed by atoms with van der Waals surface area (Å²) < 4.78 is 5.43. The van der Waals surface area contributed by atoms with Gasteiger partial charge in [-0.25, -0.2) is 4.98 Å². The van der Waals surface area contributed by atoms with E-state index in [4.69, 9.17) is 10.2 Å². The van der Waals surface area contributed by atoms with Crippen LogP contribution < -0.4 is 5.73 Å². The molecule has 1 fully saturated rings. The maximum atomic E-state index is 5.90. The van der Waals surface area contributed by atoms with Gasteiger partial charge in [-0.15, -0.1) is 0 Å². The first kappa shape index (κ1) is 9.68. The fourth-order valence-corrected chi connectivity index (χ4v) is 1.93. The minimum atomic E-state index is 0.327. The Bertz CT molecular complexity index is 297. The number of aryl methyl sites for hydroxylation is 1. The quantitative estimate of drug-likeness (QED) is 0.762. The van der Waals surface area contributed by atoms with Gasteiger partial charge < -0.3 is 10.2 Å². The van der Waals surface area contributed by atoms with Gasteiger partial charge in [-0.3, -0.25) is 4.90 Å². The average molecular weight is 195 g/mol. The lowest BCUT2D eigenvalue weighted by Crippen LogP contribution is -2.42. The molecule has 1 aliphatic heterocycles. The van der Waals surface area contributed by atoms with E-state index in [2.05, 4.69) is 9.88 Å². The summed E-state index contributed by atoms with van der Waals surface area (Å²) in [7, 11) is 0. The van der Waals surface area contributed by atoms with E-state index in [9.17, 15) is 0 Å². The highest BCUT2D eigenvalue weighted by molar-refractivity contribution is 4.93. The molecule has 1 unspecified atom stereocenters. The Morgan fingerprint density at radius 1 is 1.71 bits per heavy atom. The lowest BCUT2D eigenvalue weighted by Gasteiger charge is -2.29. The van der Waals surface area contributed by atoms with Crippen molar-refractivity contribution in [1.29, 1.82) is 0 Å². The fourth-order valence-electron chi connectivity index (χ4n) is 1.93. The molecule has 0 amide bonds. The Morgan fingerprint density at radius 3 is 3.21 bits per heavy atom. The summed E-state index contributed by atoms with van der Waals surface area (Å²) in [6.45, 7) is 4.80. The second kappa shape index (κ2) is 4.11. The van der Waals surface area contributed by atoms with Gasteiger partial charge in [0, 0.05) is 19.5 Å². The third-order valence-corrected chi connectivity index (χ3v) is 2.59. The SMILES string of the molecule is Cc1ncc(CN2CCCC(N)C2)o1. The molecule has 0 bridgehead atoms. The van der Waals surface area contributed by atoms with Gasteiger partial charge in [0.2, 0.25) is 0 Å². The number of nitrogens with two attached hydrogens (primary N) is 1. The molecule has 0 saturated carbocycles. The number of hydrogen-bond donors (Lipinski definition) is 1. The van der Waals surface area contributed by atoms with E-state index < -0.39 is 0 Å². The van der Waals surface area contributed by atoms with Crippen LogP contribution in [-0.2, 0) is 6.54 Å².